The first-order valence-corrected chi connectivity index (χ1v) is 9.17. The second kappa shape index (κ2) is 5.55. The third-order valence-electron chi connectivity index (χ3n) is 4.04. The molecule has 0 saturated heterocycles. The molecule has 1 aliphatic rings. The molecule has 1 aliphatic carbocycles. The molecule has 0 bridgehead atoms. The zero-order valence-electron chi connectivity index (χ0n) is 11.4. The first-order valence-electron chi connectivity index (χ1n) is 6.83. The van der Waals surface area contributed by atoms with Crippen molar-refractivity contribution in [2.75, 3.05) is 0 Å². The van der Waals surface area contributed by atoms with E-state index in [9.17, 15) is 8.42 Å². The van der Waals surface area contributed by atoms with Crippen LogP contribution in [0.2, 0.25) is 0 Å². The van der Waals surface area contributed by atoms with E-state index < -0.39 is 21.1 Å². The minimum absolute atomic E-state index is 0.330. The second-order valence-corrected chi connectivity index (χ2v) is 8.39. The number of benzene rings is 2. The molecule has 110 valence electrons. The Morgan fingerprint density at radius 3 is 2.62 bits per heavy atom. The molecule has 2 unspecified atom stereocenters. The highest BCUT2D eigenvalue weighted by Crippen LogP contribution is 2.35. The Labute approximate surface area is 133 Å². The van der Waals surface area contributed by atoms with Gasteiger partial charge in [0.25, 0.3) is 0 Å². The van der Waals surface area contributed by atoms with Crippen molar-refractivity contribution in [2.24, 2.45) is 5.73 Å². The van der Waals surface area contributed by atoms with Gasteiger partial charge in [-0.3, -0.25) is 0 Å². The van der Waals surface area contributed by atoms with Gasteiger partial charge in [0.05, 0.1) is 10.1 Å². The van der Waals surface area contributed by atoms with Crippen molar-refractivity contribution in [2.45, 2.75) is 29.0 Å². The predicted octanol–water partition coefficient (Wildman–Crippen LogP) is 3.24. The molecule has 0 fully saturated rings. The molecule has 0 radical (unpaired) electrons. The van der Waals surface area contributed by atoms with Crippen molar-refractivity contribution in [1.82, 2.24) is 0 Å². The lowest BCUT2D eigenvalue weighted by molar-refractivity contribution is 0.521. The Kier molecular flexibility index (Phi) is 3.90. The summed E-state index contributed by atoms with van der Waals surface area (Å²) in [5, 5.41) is -0.568. The summed E-state index contributed by atoms with van der Waals surface area (Å²) in [6.45, 7) is 0. The fourth-order valence-electron chi connectivity index (χ4n) is 2.93. The molecule has 2 aromatic carbocycles. The molecule has 0 heterocycles. The number of fused-ring (bicyclic) bond motifs is 1. The molecule has 0 spiro atoms. The molecule has 0 saturated carbocycles. The number of rotatable bonds is 2. The predicted molar refractivity (Wildman–Crippen MR) is 86.8 cm³/mol. The zero-order valence-corrected chi connectivity index (χ0v) is 13.8. The van der Waals surface area contributed by atoms with Gasteiger partial charge in [-0.05, 0) is 42.2 Å². The lowest BCUT2D eigenvalue weighted by atomic mass is 9.88. The van der Waals surface area contributed by atoms with E-state index in [-0.39, 0.29) is 0 Å². The summed E-state index contributed by atoms with van der Waals surface area (Å²) in [4.78, 5) is 0.330. The maximum atomic E-state index is 12.9. The summed E-state index contributed by atoms with van der Waals surface area (Å²) in [5.41, 5.74) is 8.37. The quantitative estimate of drug-likeness (QED) is 0.888. The van der Waals surface area contributed by atoms with Crippen LogP contribution >= 0.6 is 15.9 Å². The van der Waals surface area contributed by atoms with Gasteiger partial charge in [-0.15, -0.1) is 0 Å². The van der Waals surface area contributed by atoms with Gasteiger partial charge in [0.2, 0.25) is 0 Å². The zero-order chi connectivity index (χ0) is 15.0. The Morgan fingerprint density at radius 1 is 1.10 bits per heavy atom. The molecule has 3 rings (SSSR count). The highest BCUT2D eigenvalue weighted by molar-refractivity contribution is 9.10. The highest BCUT2D eigenvalue weighted by atomic mass is 79.9. The smallest absolute Gasteiger partial charge is 0.183 e. The molecular weight excluding hydrogens is 350 g/mol. The van der Waals surface area contributed by atoms with Crippen LogP contribution in [0.25, 0.3) is 0 Å². The van der Waals surface area contributed by atoms with Gasteiger partial charge in [-0.1, -0.05) is 46.3 Å². The van der Waals surface area contributed by atoms with Crippen molar-refractivity contribution in [3.05, 3.63) is 64.1 Å². The Bertz CT molecular complexity index is 773. The van der Waals surface area contributed by atoms with E-state index >= 15 is 0 Å². The fourth-order valence-corrected chi connectivity index (χ4v) is 5.35. The van der Waals surface area contributed by atoms with Crippen LogP contribution in [-0.4, -0.2) is 13.7 Å². The lowest BCUT2D eigenvalue weighted by Gasteiger charge is -2.30. The Morgan fingerprint density at radius 2 is 1.86 bits per heavy atom. The van der Waals surface area contributed by atoms with E-state index in [1.54, 1.807) is 18.2 Å². The largest absolute Gasteiger partial charge is 0.323 e. The molecule has 0 aromatic heterocycles. The minimum atomic E-state index is -3.43. The van der Waals surface area contributed by atoms with Gasteiger partial charge in [0.15, 0.2) is 9.84 Å². The molecule has 21 heavy (non-hydrogen) atoms. The van der Waals surface area contributed by atoms with Gasteiger partial charge in [-0.25, -0.2) is 8.42 Å². The Balaban J connectivity index is 2.02. The Hall–Kier alpha value is -1.17. The average molecular weight is 366 g/mol. The van der Waals surface area contributed by atoms with Gasteiger partial charge in [-0.2, -0.15) is 0 Å². The molecule has 2 atom stereocenters. The van der Waals surface area contributed by atoms with Gasteiger partial charge in [0.1, 0.15) is 0 Å². The number of sulfone groups is 1. The number of halogens is 1. The van der Waals surface area contributed by atoms with E-state index in [4.69, 9.17) is 5.73 Å². The molecule has 3 nitrogen and oxygen atoms in total. The van der Waals surface area contributed by atoms with Gasteiger partial charge >= 0.3 is 0 Å². The maximum Gasteiger partial charge on any atom is 0.183 e. The van der Waals surface area contributed by atoms with E-state index in [0.29, 0.717) is 11.3 Å². The normalized spacial score (nSPS) is 21.8. The van der Waals surface area contributed by atoms with Crippen LogP contribution in [0, 0.1) is 0 Å². The number of aryl methyl sites for hydroxylation is 1. The molecular formula is C16H16BrNO2S. The number of nitrogens with two attached hydrogens (primary N) is 1. The van der Waals surface area contributed by atoms with Crippen LogP contribution in [0.4, 0.5) is 0 Å². The third-order valence-corrected chi connectivity index (χ3v) is 6.77. The second-order valence-electron chi connectivity index (χ2n) is 5.30. The van der Waals surface area contributed by atoms with E-state index in [2.05, 4.69) is 15.9 Å². The van der Waals surface area contributed by atoms with Crippen molar-refractivity contribution in [3.8, 4) is 0 Å². The van der Waals surface area contributed by atoms with Crippen molar-refractivity contribution in [3.63, 3.8) is 0 Å². The summed E-state index contributed by atoms with van der Waals surface area (Å²) in [7, 11) is -3.43. The topological polar surface area (TPSA) is 60.2 Å². The maximum absolute atomic E-state index is 12.9. The first-order chi connectivity index (χ1) is 10.00. The summed E-state index contributed by atoms with van der Waals surface area (Å²) >= 11 is 3.32. The molecule has 2 N–H and O–H groups in total. The van der Waals surface area contributed by atoms with Gasteiger partial charge < -0.3 is 5.73 Å². The van der Waals surface area contributed by atoms with E-state index in [0.717, 1.165) is 22.0 Å². The summed E-state index contributed by atoms with van der Waals surface area (Å²) in [6, 6.07) is 14.2. The van der Waals surface area contributed by atoms with Crippen LogP contribution in [0.15, 0.2) is 57.9 Å². The van der Waals surface area contributed by atoms with Crippen LogP contribution < -0.4 is 5.73 Å². The van der Waals surface area contributed by atoms with Crippen molar-refractivity contribution in [1.29, 1.82) is 0 Å². The molecule has 0 amide bonds. The SMILES string of the molecule is NC1c2ccccc2CCC1S(=O)(=O)c1cccc(Br)c1. The van der Waals surface area contributed by atoms with Crippen LogP contribution in [0.5, 0.6) is 0 Å². The molecule has 2 aromatic rings. The van der Waals surface area contributed by atoms with Crippen LogP contribution in [-0.2, 0) is 16.3 Å². The summed E-state index contributed by atoms with van der Waals surface area (Å²) in [5.74, 6) is 0. The average Bonchev–Trinajstić information content (AvgIpc) is 2.47. The van der Waals surface area contributed by atoms with Crippen LogP contribution in [0.1, 0.15) is 23.6 Å². The standard InChI is InChI=1S/C16H16BrNO2S/c17-12-5-3-6-13(10-12)21(19,20)15-9-8-11-4-1-2-7-14(11)16(15)18/h1-7,10,15-16H,8-9,18H2. The molecule has 0 aliphatic heterocycles. The third kappa shape index (κ3) is 2.65. The first kappa shape index (κ1) is 14.8. The monoisotopic (exact) mass is 365 g/mol. The lowest BCUT2D eigenvalue weighted by Crippen LogP contribution is -2.37. The molecule has 5 heteroatoms. The number of hydrogen-bond donors (Lipinski definition) is 1. The van der Waals surface area contributed by atoms with E-state index in [1.165, 1.54) is 0 Å². The highest BCUT2D eigenvalue weighted by Gasteiger charge is 2.37. The fraction of sp³-hybridized carbons (Fsp3) is 0.250. The van der Waals surface area contributed by atoms with Crippen LogP contribution in [0.3, 0.4) is 0 Å². The number of hydrogen-bond acceptors (Lipinski definition) is 3. The van der Waals surface area contributed by atoms with Gasteiger partial charge in [0, 0.05) is 10.5 Å². The minimum Gasteiger partial charge on any atom is -0.323 e. The van der Waals surface area contributed by atoms with Crippen molar-refractivity contribution >= 4 is 25.8 Å². The summed E-state index contributed by atoms with van der Waals surface area (Å²) in [6.07, 6.45) is 1.31. The summed E-state index contributed by atoms with van der Waals surface area (Å²) < 4.78 is 26.5. The van der Waals surface area contributed by atoms with E-state index in [1.807, 2.05) is 30.3 Å². The van der Waals surface area contributed by atoms with Crippen molar-refractivity contribution < 1.29 is 8.42 Å².